The van der Waals surface area contributed by atoms with Gasteiger partial charge in [0.25, 0.3) is 0 Å². The Morgan fingerprint density at radius 1 is 0.651 bits per heavy atom. The number of rotatable bonds is 5. The first kappa shape index (κ1) is 28.0. The lowest BCUT2D eigenvalue weighted by atomic mass is 10.0. The SMILES string of the molecule is Nc1n[nH]c2cc(Cl)c(-c3ccc(O)cc3)cc12.Nc1n[nH]c2cc(Cl)c(-c3ccc(OCc4ccccc4)cc3)cc12. The van der Waals surface area contributed by atoms with E-state index in [1.54, 1.807) is 30.3 Å². The third-order valence-corrected chi connectivity index (χ3v) is 7.58. The summed E-state index contributed by atoms with van der Waals surface area (Å²) >= 11 is 12.6. The summed E-state index contributed by atoms with van der Waals surface area (Å²) in [7, 11) is 0. The number of H-pyrrole nitrogens is 2. The number of hydrogen-bond acceptors (Lipinski definition) is 6. The Labute approximate surface area is 256 Å². The van der Waals surface area contributed by atoms with Crippen LogP contribution >= 0.6 is 23.2 Å². The normalized spacial score (nSPS) is 10.9. The van der Waals surface area contributed by atoms with E-state index in [9.17, 15) is 5.11 Å². The molecule has 214 valence electrons. The number of phenols is 1. The molecule has 0 fully saturated rings. The van der Waals surface area contributed by atoms with Gasteiger partial charge in [-0.3, -0.25) is 10.2 Å². The lowest BCUT2D eigenvalue weighted by molar-refractivity contribution is 0.306. The minimum atomic E-state index is 0.221. The number of fused-ring (bicyclic) bond motifs is 2. The molecule has 0 unspecified atom stereocenters. The van der Waals surface area contributed by atoms with Gasteiger partial charge in [0.1, 0.15) is 18.1 Å². The van der Waals surface area contributed by atoms with Crippen molar-refractivity contribution in [3.05, 3.63) is 119 Å². The quantitative estimate of drug-likeness (QED) is 0.133. The fourth-order valence-corrected chi connectivity index (χ4v) is 5.22. The molecule has 5 aromatic carbocycles. The van der Waals surface area contributed by atoms with Crippen molar-refractivity contribution in [1.82, 2.24) is 20.4 Å². The van der Waals surface area contributed by atoms with Crippen molar-refractivity contribution in [2.75, 3.05) is 11.5 Å². The van der Waals surface area contributed by atoms with Crippen molar-refractivity contribution in [2.24, 2.45) is 0 Å². The summed E-state index contributed by atoms with van der Waals surface area (Å²) in [6.45, 7) is 0.540. The van der Waals surface area contributed by atoms with Gasteiger partial charge < -0.3 is 21.3 Å². The van der Waals surface area contributed by atoms with E-state index >= 15 is 0 Å². The van der Waals surface area contributed by atoms with Gasteiger partial charge in [-0.15, -0.1) is 0 Å². The maximum absolute atomic E-state index is 9.29. The number of aromatic hydroxyl groups is 1. The maximum atomic E-state index is 9.29. The van der Waals surface area contributed by atoms with Crippen molar-refractivity contribution in [1.29, 1.82) is 0 Å². The van der Waals surface area contributed by atoms with E-state index in [4.69, 9.17) is 39.4 Å². The average molecular weight is 610 g/mol. The van der Waals surface area contributed by atoms with Crippen LogP contribution < -0.4 is 16.2 Å². The van der Waals surface area contributed by atoms with E-state index < -0.39 is 0 Å². The predicted octanol–water partition coefficient (Wildman–Crippen LogP) is 8.22. The molecule has 0 radical (unpaired) electrons. The first-order chi connectivity index (χ1) is 20.9. The molecule has 10 heteroatoms. The maximum Gasteiger partial charge on any atom is 0.153 e. The van der Waals surface area contributed by atoms with E-state index in [1.807, 2.05) is 72.8 Å². The second-order valence-electron chi connectivity index (χ2n) is 9.82. The highest BCUT2D eigenvalue weighted by Crippen LogP contribution is 2.35. The highest BCUT2D eigenvalue weighted by Gasteiger charge is 2.11. The summed E-state index contributed by atoms with van der Waals surface area (Å²) in [6, 6.07) is 32.3. The number of nitrogens with two attached hydrogens (primary N) is 2. The molecule has 2 aromatic heterocycles. The molecular formula is C33H26Cl2N6O2. The Balaban J connectivity index is 0.000000162. The highest BCUT2D eigenvalue weighted by atomic mass is 35.5. The van der Waals surface area contributed by atoms with Gasteiger partial charge in [-0.2, -0.15) is 10.2 Å². The average Bonchev–Trinajstić information content (AvgIpc) is 3.57. The number of aromatic nitrogens is 4. The first-order valence-corrected chi connectivity index (χ1v) is 14.0. The van der Waals surface area contributed by atoms with Crippen LogP contribution in [0.4, 0.5) is 11.6 Å². The number of ether oxygens (including phenoxy) is 1. The van der Waals surface area contributed by atoms with Crippen molar-refractivity contribution in [2.45, 2.75) is 6.61 Å². The summed E-state index contributed by atoms with van der Waals surface area (Å²) in [5, 5.41) is 25.9. The molecule has 7 rings (SSSR count). The molecule has 7 N–H and O–H groups in total. The Morgan fingerprint density at radius 2 is 1.14 bits per heavy atom. The van der Waals surface area contributed by atoms with Gasteiger partial charge in [-0.1, -0.05) is 77.8 Å². The fraction of sp³-hybridized carbons (Fsp3) is 0.0303. The Hall–Kier alpha value is -5.18. The number of anilines is 2. The van der Waals surface area contributed by atoms with Gasteiger partial charge in [0.2, 0.25) is 0 Å². The van der Waals surface area contributed by atoms with Crippen LogP contribution in [-0.4, -0.2) is 25.5 Å². The second kappa shape index (κ2) is 12.0. The van der Waals surface area contributed by atoms with Crippen LogP contribution in [0.5, 0.6) is 11.5 Å². The molecule has 0 saturated carbocycles. The molecule has 0 bridgehead atoms. The molecule has 0 amide bonds. The van der Waals surface area contributed by atoms with Crippen molar-refractivity contribution < 1.29 is 9.84 Å². The monoisotopic (exact) mass is 608 g/mol. The zero-order chi connectivity index (χ0) is 29.9. The van der Waals surface area contributed by atoms with Crippen LogP contribution in [-0.2, 0) is 6.61 Å². The molecule has 7 aromatic rings. The fourth-order valence-electron chi connectivity index (χ4n) is 4.67. The smallest absolute Gasteiger partial charge is 0.153 e. The first-order valence-electron chi connectivity index (χ1n) is 13.3. The minimum Gasteiger partial charge on any atom is -0.508 e. The van der Waals surface area contributed by atoms with E-state index in [0.29, 0.717) is 28.3 Å². The summed E-state index contributed by atoms with van der Waals surface area (Å²) in [5.41, 5.74) is 18.1. The molecule has 2 heterocycles. The molecule has 0 saturated heterocycles. The molecule has 0 spiro atoms. The van der Waals surface area contributed by atoms with Gasteiger partial charge in [0, 0.05) is 21.9 Å². The summed E-state index contributed by atoms with van der Waals surface area (Å²) in [4.78, 5) is 0. The van der Waals surface area contributed by atoms with Gasteiger partial charge >= 0.3 is 0 Å². The third kappa shape index (κ3) is 6.06. The van der Waals surface area contributed by atoms with Crippen LogP contribution in [0.25, 0.3) is 44.1 Å². The molecular weight excluding hydrogens is 583 g/mol. The van der Waals surface area contributed by atoms with Crippen molar-refractivity contribution in [3.63, 3.8) is 0 Å². The van der Waals surface area contributed by atoms with Crippen LogP contribution in [0.15, 0.2) is 103 Å². The minimum absolute atomic E-state index is 0.221. The molecule has 0 aliphatic heterocycles. The highest BCUT2D eigenvalue weighted by molar-refractivity contribution is 6.34. The van der Waals surface area contributed by atoms with Gasteiger partial charge in [0.15, 0.2) is 11.6 Å². The van der Waals surface area contributed by atoms with Gasteiger partial charge in [0.05, 0.1) is 21.1 Å². The second-order valence-corrected chi connectivity index (χ2v) is 10.6. The Morgan fingerprint density at radius 3 is 1.65 bits per heavy atom. The third-order valence-electron chi connectivity index (χ3n) is 6.95. The predicted molar refractivity (Wildman–Crippen MR) is 174 cm³/mol. The molecule has 0 aliphatic carbocycles. The van der Waals surface area contributed by atoms with Crippen molar-refractivity contribution in [3.8, 4) is 33.8 Å². The number of nitrogens with one attached hydrogen (secondary N) is 2. The standard InChI is InChI=1S/C20H16ClN3O.C13H10ClN3O/c21-18-11-19-17(20(22)24-23-19)10-16(18)14-6-8-15(9-7-14)25-12-13-4-2-1-3-5-13;14-11-6-12-10(13(15)17-16-12)5-9(11)7-1-3-8(18)4-2-7/h1-11H,12H2,(H3,22,23,24);1-6,18H,(H3,15,16,17). The molecule has 8 nitrogen and oxygen atoms in total. The van der Waals surface area contributed by atoms with Crippen LogP contribution in [0, 0.1) is 0 Å². The number of phenolic OH excluding ortho intramolecular Hbond substituents is 1. The number of halogens is 2. The summed E-state index contributed by atoms with van der Waals surface area (Å²) in [5.74, 6) is 1.95. The van der Waals surface area contributed by atoms with Crippen LogP contribution in [0.1, 0.15) is 5.56 Å². The Kier molecular flexibility index (Phi) is 7.79. The number of benzene rings is 5. The van der Waals surface area contributed by atoms with E-state index in [2.05, 4.69) is 20.4 Å². The number of nitrogen functional groups attached to an aromatic ring is 2. The van der Waals surface area contributed by atoms with E-state index in [-0.39, 0.29) is 5.75 Å². The lowest BCUT2D eigenvalue weighted by Crippen LogP contribution is -1.94. The number of aromatic amines is 2. The van der Waals surface area contributed by atoms with Crippen molar-refractivity contribution >= 4 is 56.6 Å². The number of nitrogens with zero attached hydrogens (tertiary/aromatic N) is 2. The van der Waals surface area contributed by atoms with Gasteiger partial charge in [-0.05, 0) is 65.2 Å². The van der Waals surface area contributed by atoms with Crippen LogP contribution in [0.3, 0.4) is 0 Å². The zero-order valence-corrected chi connectivity index (χ0v) is 24.2. The molecule has 0 atom stereocenters. The van der Waals surface area contributed by atoms with E-state index in [1.165, 1.54) is 0 Å². The molecule has 43 heavy (non-hydrogen) atoms. The van der Waals surface area contributed by atoms with Gasteiger partial charge in [-0.25, -0.2) is 0 Å². The summed E-state index contributed by atoms with van der Waals surface area (Å²) < 4.78 is 5.82. The lowest BCUT2D eigenvalue weighted by Gasteiger charge is -2.09. The summed E-state index contributed by atoms with van der Waals surface area (Å²) in [6.07, 6.45) is 0. The number of hydrogen-bond donors (Lipinski definition) is 5. The Bertz CT molecular complexity index is 2020. The largest absolute Gasteiger partial charge is 0.508 e. The molecule has 0 aliphatic rings. The van der Waals surface area contributed by atoms with Crippen LogP contribution in [0.2, 0.25) is 10.0 Å². The topological polar surface area (TPSA) is 139 Å². The zero-order valence-electron chi connectivity index (χ0n) is 22.7. The van der Waals surface area contributed by atoms with E-state index in [0.717, 1.165) is 55.4 Å².